The van der Waals surface area contributed by atoms with E-state index in [0.717, 1.165) is 5.56 Å². The van der Waals surface area contributed by atoms with Crippen LogP contribution < -0.4 is 14.2 Å². The molecule has 3 rings (SSSR count). The average Bonchev–Trinajstić information content (AvgIpc) is 2.96. The van der Waals surface area contributed by atoms with Crippen molar-refractivity contribution in [3.05, 3.63) is 52.5 Å². The molecule has 0 aromatic heterocycles. The van der Waals surface area contributed by atoms with Crippen LogP contribution in [0.2, 0.25) is 5.02 Å². The van der Waals surface area contributed by atoms with E-state index < -0.39 is 11.7 Å². The van der Waals surface area contributed by atoms with Crippen molar-refractivity contribution in [3.8, 4) is 17.2 Å². The normalized spacial score (nSPS) is 21.8. The summed E-state index contributed by atoms with van der Waals surface area (Å²) in [5.74, 6) is -0.894. The van der Waals surface area contributed by atoms with Gasteiger partial charge in [-0.15, -0.1) is 0 Å². The molecule has 0 saturated heterocycles. The van der Waals surface area contributed by atoms with Gasteiger partial charge in [0.1, 0.15) is 22.2 Å². The third kappa shape index (κ3) is 2.95. The fourth-order valence-corrected chi connectivity index (χ4v) is 3.44. The third-order valence-electron chi connectivity index (χ3n) is 4.32. The van der Waals surface area contributed by atoms with Gasteiger partial charge in [-0.25, -0.2) is 0 Å². The highest BCUT2D eigenvalue weighted by Crippen LogP contribution is 2.48. The molecule has 2 aromatic rings. The van der Waals surface area contributed by atoms with E-state index in [1.165, 1.54) is 21.3 Å². The molecule has 0 aliphatic carbocycles. The Balaban J connectivity index is 2.23. The lowest BCUT2D eigenvalue weighted by Gasteiger charge is -2.25. The third-order valence-corrected chi connectivity index (χ3v) is 4.68. The smallest absolute Gasteiger partial charge is 0.244 e. The molecular formula is C19H20ClNO5. The number of halogens is 1. The first-order chi connectivity index (χ1) is 12.4. The van der Waals surface area contributed by atoms with Gasteiger partial charge < -0.3 is 24.2 Å². The van der Waals surface area contributed by atoms with Gasteiger partial charge in [0.25, 0.3) is 0 Å². The maximum atomic E-state index is 10.8. The topological polar surface area (TPSA) is 69.5 Å². The number of methoxy groups -OCH3 is 3. The van der Waals surface area contributed by atoms with Crippen molar-refractivity contribution < 1.29 is 24.2 Å². The second-order valence-electron chi connectivity index (χ2n) is 5.97. The first kappa shape index (κ1) is 18.4. The molecule has 138 valence electrons. The molecule has 26 heavy (non-hydrogen) atoms. The Morgan fingerprint density at radius 2 is 1.73 bits per heavy atom. The van der Waals surface area contributed by atoms with Crippen LogP contribution in [0, 0.1) is 0 Å². The second-order valence-corrected chi connectivity index (χ2v) is 6.35. The van der Waals surface area contributed by atoms with Gasteiger partial charge in [-0.2, -0.15) is 0 Å². The molecular weight excluding hydrogens is 358 g/mol. The van der Waals surface area contributed by atoms with Gasteiger partial charge in [-0.05, 0) is 5.56 Å². The van der Waals surface area contributed by atoms with Crippen LogP contribution in [-0.2, 0) is 4.84 Å². The summed E-state index contributed by atoms with van der Waals surface area (Å²) in [7, 11) is 4.53. The summed E-state index contributed by atoms with van der Waals surface area (Å²) < 4.78 is 16.3. The summed E-state index contributed by atoms with van der Waals surface area (Å²) in [6.07, 6.45) is 0. The molecule has 2 atom stereocenters. The minimum absolute atomic E-state index is 0.284. The van der Waals surface area contributed by atoms with Gasteiger partial charge in [0, 0.05) is 13.0 Å². The molecule has 1 aliphatic heterocycles. The van der Waals surface area contributed by atoms with Crippen LogP contribution in [0.5, 0.6) is 17.2 Å². The zero-order valence-corrected chi connectivity index (χ0v) is 15.7. The molecule has 1 N–H and O–H groups in total. The van der Waals surface area contributed by atoms with Crippen LogP contribution in [0.1, 0.15) is 24.0 Å². The molecule has 2 aromatic carbocycles. The van der Waals surface area contributed by atoms with Crippen molar-refractivity contribution in [2.24, 2.45) is 5.16 Å². The van der Waals surface area contributed by atoms with Gasteiger partial charge in [-0.3, -0.25) is 0 Å². The molecule has 6 nitrogen and oxygen atoms in total. The van der Waals surface area contributed by atoms with Crippen LogP contribution in [0.15, 0.2) is 41.6 Å². The molecule has 0 amide bonds. The standard InChI is InChI=1S/C19H20ClNO5/c1-19(22)15(11-8-6-5-7-9-11)17(21-26-19)14-12(23-2)10-13(24-3)16(20)18(14)25-4/h5-10,15,22H,1-4H3/t15-,19-/m1/s1. The number of benzene rings is 2. The number of nitrogens with zero attached hydrogens (tertiary/aromatic N) is 1. The first-order valence-corrected chi connectivity index (χ1v) is 8.34. The molecule has 0 spiro atoms. The first-order valence-electron chi connectivity index (χ1n) is 7.96. The van der Waals surface area contributed by atoms with Gasteiger partial charge in [0.15, 0.2) is 5.75 Å². The number of rotatable bonds is 5. The zero-order valence-electron chi connectivity index (χ0n) is 14.9. The summed E-state index contributed by atoms with van der Waals surface area (Å²) in [5, 5.41) is 15.2. The predicted octanol–water partition coefficient (Wildman–Crippen LogP) is 3.59. The van der Waals surface area contributed by atoms with Gasteiger partial charge in [0.2, 0.25) is 5.79 Å². The molecule has 0 bridgehead atoms. The van der Waals surface area contributed by atoms with E-state index in [-0.39, 0.29) is 5.02 Å². The Bertz CT molecular complexity index is 836. The maximum Gasteiger partial charge on any atom is 0.244 e. The summed E-state index contributed by atoms with van der Waals surface area (Å²) in [6.45, 7) is 1.56. The number of oxime groups is 1. The lowest BCUT2D eigenvalue weighted by Crippen LogP contribution is -2.34. The highest BCUT2D eigenvalue weighted by atomic mass is 35.5. The SMILES string of the molecule is COc1cc(OC)c(C2=NO[C@@](C)(O)[C@@H]2c2ccccc2)c(OC)c1Cl. The van der Waals surface area contributed by atoms with Crippen molar-refractivity contribution in [2.45, 2.75) is 18.6 Å². The molecule has 0 radical (unpaired) electrons. The van der Waals surface area contributed by atoms with E-state index in [0.29, 0.717) is 28.5 Å². The van der Waals surface area contributed by atoms with E-state index in [1.54, 1.807) is 13.0 Å². The Hall–Kier alpha value is -2.44. The maximum absolute atomic E-state index is 10.8. The van der Waals surface area contributed by atoms with Crippen LogP contribution in [0.3, 0.4) is 0 Å². The number of aliphatic hydroxyl groups is 1. The minimum atomic E-state index is -1.53. The molecule has 0 fully saturated rings. The van der Waals surface area contributed by atoms with Gasteiger partial charge in [0.05, 0.1) is 32.8 Å². The Morgan fingerprint density at radius 3 is 2.31 bits per heavy atom. The Labute approximate surface area is 156 Å². The van der Waals surface area contributed by atoms with E-state index in [2.05, 4.69) is 5.16 Å². The van der Waals surface area contributed by atoms with Crippen molar-refractivity contribution in [1.82, 2.24) is 0 Å². The molecule has 7 heteroatoms. The Morgan fingerprint density at radius 1 is 1.08 bits per heavy atom. The molecule has 0 unspecified atom stereocenters. The van der Waals surface area contributed by atoms with Crippen molar-refractivity contribution >= 4 is 17.3 Å². The summed E-state index contributed by atoms with van der Waals surface area (Å²) in [5.41, 5.74) is 1.80. The largest absolute Gasteiger partial charge is 0.496 e. The van der Waals surface area contributed by atoms with E-state index in [4.69, 9.17) is 30.6 Å². The van der Waals surface area contributed by atoms with Crippen LogP contribution >= 0.6 is 11.6 Å². The fraction of sp³-hybridized carbons (Fsp3) is 0.316. The van der Waals surface area contributed by atoms with Crippen molar-refractivity contribution in [2.75, 3.05) is 21.3 Å². The molecule has 1 heterocycles. The molecule has 0 saturated carbocycles. The van der Waals surface area contributed by atoms with E-state index in [1.807, 2.05) is 30.3 Å². The van der Waals surface area contributed by atoms with Crippen molar-refractivity contribution in [1.29, 1.82) is 0 Å². The number of hydrogen-bond acceptors (Lipinski definition) is 6. The highest BCUT2D eigenvalue weighted by Gasteiger charge is 2.47. The highest BCUT2D eigenvalue weighted by molar-refractivity contribution is 6.34. The average molecular weight is 378 g/mol. The quantitative estimate of drug-likeness (QED) is 0.862. The Kier molecular flexibility index (Phi) is 4.98. The van der Waals surface area contributed by atoms with Crippen LogP contribution in [0.4, 0.5) is 0 Å². The second kappa shape index (κ2) is 7.05. The number of ether oxygens (including phenoxy) is 3. The monoisotopic (exact) mass is 377 g/mol. The fourth-order valence-electron chi connectivity index (χ4n) is 3.14. The van der Waals surface area contributed by atoms with Gasteiger partial charge in [-0.1, -0.05) is 47.1 Å². The zero-order chi connectivity index (χ0) is 18.9. The summed E-state index contributed by atoms with van der Waals surface area (Å²) in [4.78, 5) is 5.33. The molecule has 1 aliphatic rings. The van der Waals surface area contributed by atoms with Crippen LogP contribution in [0.25, 0.3) is 0 Å². The number of hydrogen-bond donors (Lipinski definition) is 1. The van der Waals surface area contributed by atoms with Crippen LogP contribution in [-0.4, -0.2) is 37.9 Å². The van der Waals surface area contributed by atoms with Gasteiger partial charge >= 0.3 is 0 Å². The summed E-state index contributed by atoms with van der Waals surface area (Å²) in [6, 6.07) is 11.1. The van der Waals surface area contributed by atoms with E-state index in [9.17, 15) is 5.11 Å². The van der Waals surface area contributed by atoms with Crippen molar-refractivity contribution in [3.63, 3.8) is 0 Å². The predicted molar refractivity (Wildman–Crippen MR) is 98.5 cm³/mol. The summed E-state index contributed by atoms with van der Waals surface area (Å²) >= 11 is 6.42. The minimum Gasteiger partial charge on any atom is -0.496 e. The van der Waals surface area contributed by atoms with E-state index >= 15 is 0 Å². The lowest BCUT2D eigenvalue weighted by atomic mass is 9.84. The lowest BCUT2D eigenvalue weighted by molar-refractivity contribution is -0.179.